The molecule has 0 aliphatic carbocycles. The first-order valence-electron chi connectivity index (χ1n) is 5.81. The van der Waals surface area contributed by atoms with Crippen LogP contribution in [0.4, 0.5) is 0 Å². The molecule has 1 rings (SSSR count). The summed E-state index contributed by atoms with van der Waals surface area (Å²) in [7, 11) is 0. The molecule has 0 radical (unpaired) electrons. The van der Waals surface area contributed by atoms with Crippen LogP contribution in [0.5, 0.6) is 0 Å². The van der Waals surface area contributed by atoms with Crippen molar-refractivity contribution in [3.05, 3.63) is 29.6 Å². The molecule has 84 valence electrons. The number of hydrogen-bond donors (Lipinski definition) is 1. The van der Waals surface area contributed by atoms with E-state index in [0.29, 0.717) is 12.0 Å². The molecule has 0 aromatic carbocycles. The van der Waals surface area contributed by atoms with Gasteiger partial charge in [-0.05, 0) is 37.4 Å². The third kappa shape index (κ3) is 3.31. The summed E-state index contributed by atoms with van der Waals surface area (Å²) in [6.07, 6.45) is 3.04. The summed E-state index contributed by atoms with van der Waals surface area (Å²) in [6, 6.07) is 4.51. The van der Waals surface area contributed by atoms with E-state index in [2.05, 4.69) is 44.1 Å². The van der Waals surface area contributed by atoms with Gasteiger partial charge in [0.05, 0.1) is 11.7 Å². The second-order valence-corrected chi connectivity index (χ2v) is 4.38. The zero-order valence-electron chi connectivity index (χ0n) is 10.2. The largest absolute Gasteiger partial charge is 0.308 e. The van der Waals surface area contributed by atoms with E-state index < -0.39 is 0 Å². The monoisotopic (exact) mass is 206 g/mol. The van der Waals surface area contributed by atoms with Gasteiger partial charge in [0, 0.05) is 6.20 Å². The van der Waals surface area contributed by atoms with Gasteiger partial charge in [-0.1, -0.05) is 26.8 Å². The predicted molar refractivity (Wildman–Crippen MR) is 64.8 cm³/mol. The van der Waals surface area contributed by atoms with Crippen LogP contribution >= 0.6 is 0 Å². The summed E-state index contributed by atoms with van der Waals surface area (Å²) in [5, 5.41) is 3.56. The Kier molecular flexibility index (Phi) is 4.76. The fourth-order valence-electron chi connectivity index (χ4n) is 1.77. The van der Waals surface area contributed by atoms with Crippen LogP contribution in [-0.2, 0) is 0 Å². The van der Waals surface area contributed by atoms with Crippen LogP contribution in [-0.4, -0.2) is 11.5 Å². The number of nitrogens with zero attached hydrogens (tertiary/aromatic N) is 1. The first kappa shape index (κ1) is 12.2. The van der Waals surface area contributed by atoms with Gasteiger partial charge in [-0.2, -0.15) is 0 Å². The van der Waals surface area contributed by atoms with Crippen molar-refractivity contribution in [3.63, 3.8) is 0 Å². The number of aromatic nitrogens is 1. The summed E-state index contributed by atoms with van der Waals surface area (Å²) in [6.45, 7) is 9.85. The lowest BCUT2D eigenvalue weighted by atomic mass is 9.97. The lowest BCUT2D eigenvalue weighted by Gasteiger charge is -2.23. The Morgan fingerprint density at radius 2 is 2.13 bits per heavy atom. The van der Waals surface area contributed by atoms with E-state index in [0.717, 1.165) is 13.0 Å². The Balaban J connectivity index is 2.84. The SMILES string of the molecule is CCCNC(c1ncccc1C)C(C)C. The molecule has 0 fully saturated rings. The summed E-state index contributed by atoms with van der Waals surface area (Å²) >= 11 is 0. The second kappa shape index (κ2) is 5.86. The van der Waals surface area contributed by atoms with E-state index in [4.69, 9.17) is 0 Å². The molecule has 1 atom stereocenters. The maximum atomic E-state index is 4.49. The molecule has 0 aliphatic rings. The average Bonchev–Trinajstić information content (AvgIpc) is 2.20. The molecular weight excluding hydrogens is 184 g/mol. The average molecular weight is 206 g/mol. The molecule has 1 aromatic heterocycles. The Morgan fingerprint density at radius 1 is 1.40 bits per heavy atom. The first-order valence-corrected chi connectivity index (χ1v) is 5.81. The van der Waals surface area contributed by atoms with Gasteiger partial charge in [0.15, 0.2) is 0 Å². The van der Waals surface area contributed by atoms with Crippen molar-refractivity contribution in [1.82, 2.24) is 10.3 Å². The molecule has 2 heteroatoms. The lowest BCUT2D eigenvalue weighted by Crippen LogP contribution is -2.27. The van der Waals surface area contributed by atoms with Crippen molar-refractivity contribution < 1.29 is 0 Å². The van der Waals surface area contributed by atoms with E-state index in [-0.39, 0.29) is 0 Å². The topological polar surface area (TPSA) is 24.9 Å². The Hall–Kier alpha value is -0.890. The van der Waals surface area contributed by atoms with E-state index in [1.807, 2.05) is 12.3 Å². The minimum absolute atomic E-state index is 0.381. The zero-order chi connectivity index (χ0) is 11.3. The lowest BCUT2D eigenvalue weighted by molar-refractivity contribution is 0.403. The summed E-state index contributed by atoms with van der Waals surface area (Å²) in [5.74, 6) is 0.574. The standard InChI is InChI=1S/C13H22N2/c1-5-8-14-12(10(2)3)13-11(4)7-6-9-15-13/h6-7,9-10,12,14H,5,8H2,1-4H3. The number of pyridine rings is 1. The van der Waals surface area contributed by atoms with E-state index in [1.165, 1.54) is 11.3 Å². The van der Waals surface area contributed by atoms with Gasteiger partial charge in [-0.3, -0.25) is 4.98 Å². The van der Waals surface area contributed by atoms with Gasteiger partial charge in [-0.15, -0.1) is 0 Å². The molecule has 0 spiro atoms. The van der Waals surface area contributed by atoms with E-state index >= 15 is 0 Å². The van der Waals surface area contributed by atoms with Crippen LogP contribution in [0.25, 0.3) is 0 Å². The van der Waals surface area contributed by atoms with Crippen molar-refractivity contribution in [1.29, 1.82) is 0 Å². The predicted octanol–water partition coefficient (Wildman–Crippen LogP) is 3.09. The number of nitrogens with one attached hydrogen (secondary N) is 1. The molecule has 0 saturated heterocycles. The van der Waals surface area contributed by atoms with Crippen LogP contribution in [0, 0.1) is 12.8 Å². The van der Waals surface area contributed by atoms with Crippen molar-refractivity contribution in [2.75, 3.05) is 6.54 Å². The maximum Gasteiger partial charge on any atom is 0.0604 e. The van der Waals surface area contributed by atoms with Crippen LogP contribution < -0.4 is 5.32 Å². The van der Waals surface area contributed by atoms with Crippen molar-refractivity contribution in [2.45, 2.75) is 40.2 Å². The number of hydrogen-bond acceptors (Lipinski definition) is 2. The molecule has 0 bridgehead atoms. The summed E-state index contributed by atoms with van der Waals surface area (Å²) in [4.78, 5) is 4.49. The van der Waals surface area contributed by atoms with Gasteiger partial charge in [0.25, 0.3) is 0 Å². The highest BCUT2D eigenvalue weighted by Crippen LogP contribution is 2.22. The van der Waals surface area contributed by atoms with Gasteiger partial charge < -0.3 is 5.32 Å². The second-order valence-electron chi connectivity index (χ2n) is 4.38. The van der Waals surface area contributed by atoms with Gasteiger partial charge in [0.2, 0.25) is 0 Å². The Morgan fingerprint density at radius 3 is 2.67 bits per heavy atom. The molecule has 0 saturated carbocycles. The van der Waals surface area contributed by atoms with Crippen LogP contribution in [0.3, 0.4) is 0 Å². The first-order chi connectivity index (χ1) is 7.16. The molecule has 1 N–H and O–H groups in total. The highest BCUT2D eigenvalue weighted by molar-refractivity contribution is 5.21. The van der Waals surface area contributed by atoms with Gasteiger partial charge >= 0.3 is 0 Å². The molecule has 1 aromatic rings. The minimum atomic E-state index is 0.381. The number of rotatable bonds is 5. The third-order valence-corrected chi connectivity index (χ3v) is 2.63. The Bertz CT molecular complexity index is 294. The van der Waals surface area contributed by atoms with E-state index in [1.54, 1.807) is 0 Å². The molecule has 2 nitrogen and oxygen atoms in total. The van der Waals surface area contributed by atoms with Gasteiger partial charge in [-0.25, -0.2) is 0 Å². The van der Waals surface area contributed by atoms with Crippen molar-refractivity contribution in [2.24, 2.45) is 5.92 Å². The van der Waals surface area contributed by atoms with Crippen molar-refractivity contribution in [3.8, 4) is 0 Å². The molecule has 15 heavy (non-hydrogen) atoms. The van der Waals surface area contributed by atoms with Crippen LogP contribution in [0.15, 0.2) is 18.3 Å². The molecule has 1 heterocycles. The fourth-order valence-corrected chi connectivity index (χ4v) is 1.77. The Labute approximate surface area is 93.1 Å². The zero-order valence-corrected chi connectivity index (χ0v) is 10.2. The molecule has 1 unspecified atom stereocenters. The molecular formula is C13H22N2. The summed E-state index contributed by atoms with van der Waals surface area (Å²) in [5.41, 5.74) is 2.47. The number of aryl methyl sites for hydroxylation is 1. The van der Waals surface area contributed by atoms with Gasteiger partial charge in [0.1, 0.15) is 0 Å². The van der Waals surface area contributed by atoms with Crippen LogP contribution in [0.1, 0.15) is 44.5 Å². The quantitative estimate of drug-likeness (QED) is 0.800. The van der Waals surface area contributed by atoms with E-state index in [9.17, 15) is 0 Å². The normalized spacial score (nSPS) is 13.1. The highest BCUT2D eigenvalue weighted by Gasteiger charge is 2.17. The highest BCUT2D eigenvalue weighted by atomic mass is 14.9. The maximum absolute atomic E-state index is 4.49. The smallest absolute Gasteiger partial charge is 0.0604 e. The van der Waals surface area contributed by atoms with Crippen molar-refractivity contribution >= 4 is 0 Å². The minimum Gasteiger partial charge on any atom is -0.308 e. The third-order valence-electron chi connectivity index (χ3n) is 2.63. The molecule has 0 amide bonds. The summed E-state index contributed by atoms with van der Waals surface area (Å²) < 4.78 is 0. The van der Waals surface area contributed by atoms with Crippen LogP contribution in [0.2, 0.25) is 0 Å². The fraction of sp³-hybridized carbons (Fsp3) is 0.615. The molecule has 0 aliphatic heterocycles.